The number of rotatable bonds is 5. The van der Waals surface area contributed by atoms with E-state index in [4.69, 9.17) is 4.74 Å². The maximum atomic E-state index is 13.8. The first-order valence-corrected chi connectivity index (χ1v) is 8.79. The number of alkyl halides is 3. The van der Waals surface area contributed by atoms with E-state index >= 15 is 0 Å². The minimum atomic E-state index is -4.69. The van der Waals surface area contributed by atoms with E-state index in [0.29, 0.717) is 18.2 Å². The van der Waals surface area contributed by atoms with Crippen molar-refractivity contribution in [2.75, 3.05) is 0 Å². The molecule has 0 radical (unpaired) electrons. The Labute approximate surface area is 157 Å². The van der Waals surface area contributed by atoms with E-state index in [2.05, 4.69) is 10.2 Å². The Hall–Kier alpha value is -2.71. The van der Waals surface area contributed by atoms with Gasteiger partial charge in [-0.1, -0.05) is 0 Å². The third kappa shape index (κ3) is 3.53. The van der Waals surface area contributed by atoms with Crippen molar-refractivity contribution in [2.45, 2.75) is 38.5 Å². The van der Waals surface area contributed by atoms with E-state index in [1.807, 2.05) is 0 Å². The van der Waals surface area contributed by atoms with Crippen LogP contribution in [0.1, 0.15) is 42.8 Å². The quantitative estimate of drug-likeness (QED) is 0.561. The normalized spacial score (nSPS) is 15.8. The van der Waals surface area contributed by atoms with Crippen molar-refractivity contribution >= 4 is 5.65 Å². The van der Waals surface area contributed by atoms with Gasteiger partial charge in [-0.05, 0) is 43.9 Å². The largest absolute Gasteiger partial charge is 0.486 e. The van der Waals surface area contributed by atoms with E-state index in [0.717, 1.165) is 31.0 Å². The Morgan fingerprint density at radius 2 is 1.89 bits per heavy atom. The Morgan fingerprint density at radius 1 is 1.14 bits per heavy atom. The van der Waals surface area contributed by atoms with Crippen molar-refractivity contribution in [2.24, 2.45) is 5.92 Å². The summed E-state index contributed by atoms with van der Waals surface area (Å²) in [6.07, 6.45) is -1.61. The average molecular weight is 397 g/mol. The Balaban J connectivity index is 1.73. The summed E-state index contributed by atoms with van der Waals surface area (Å²) in [6.45, 7) is 1.41. The van der Waals surface area contributed by atoms with Gasteiger partial charge in [-0.2, -0.15) is 13.2 Å². The topological polar surface area (TPSA) is 39.4 Å². The molecule has 0 amide bonds. The molecule has 2 aromatic heterocycles. The number of benzene rings is 1. The van der Waals surface area contributed by atoms with Crippen molar-refractivity contribution in [3.63, 3.8) is 0 Å². The molecule has 1 fully saturated rings. The van der Waals surface area contributed by atoms with Crippen molar-refractivity contribution in [3.05, 3.63) is 59.0 Å². The Kier molecular flexibility index (Phi) is 4.47. The summed E-state index contributed by atoms with van der Waals surface area (Å²) < 4.78 is 74.7. The van der Waals surface area contributed by atoms with E-state index in [9.17, 15) is 22.0 Å². The van der Waals surface area contributed by atoms with Gasteiger partial charge in [0.25, 0.3) is 0 Å². The number of hydrogen-bond donors (Lipinski definition) is 0. The van der Waals surface area contributed by atoms with Crippen LogP contribution in [0.3, 0.4) is 0 Å². The lowest BCUT2D eigenvalue weighted by atomic mass is 10.0. The van der Waals surface area contributed by atoms with Crippen LogP contribution in [0, 0.1) is 17.6 Å². The summed E-state index contributed by atoms with van der Waals surface area (Å²) in [5.74, 6) is -1.35. The standard InChI is InChI=1S/C19H16F5N3O/c1-10(28-12-4-5-14(20)15(21)9-12)13-6-7-27-16(8-11-2-3-11)25-26-18(27)17(13)19(22,23)24/h4-7,9-11H,2-3,8H2,1H3/t10-/m0/s1. The molecule has 0 bridgehead atoms. The SMILES string of the molecule is C[C@H](Oc1ccc(F)c(F)c1)c1ccn2c(CC3CC3)nnc2c1C(F)(F)F. The molecule has 0 spiro atoms. The van der Waals surface area contributed by atoms with Crippen molar-refractivity contribution in [3.8, 4) is 5.75 Å². The highest BCUT2D eigenvalue weighted by atomic mass is 19.4. The van der Waals surface area contributed by atoms with Gasteiger partial charge in [-0.3, -0.25) is 4.40 Å². The van der Waals surface area contributed by atoms with Gasteiger partial charge in [0.1, 0.15) is 23.2 Å². The molecule has 148 valence electrons. The van der Waals surface area contributed by atoms with Crippen LogP contribution in [0.15, 0.2) is 30.5 Å². The number of pyridine rings is 1. The van der Waals surface area contributed by atoms with Crippen LogP contribution in [-0.2, 0) is 12.6 Å². The van der Waals surface area contributed by atoms with Crippen LogP contribution in [0.5, 0.6) is 5.75 Å². The van der Waals surface area contributed by atoms with E-state index in [1.165, 1.54) is 23.6 Å². The molecular weight excluding hydrogens is 381 g/mol. The van der Waals surface area contributed by atoms with Gasteiger partial charge in [0, 0.05) is 24.2 Å². The second-order valence-corrected chi connectivity index (χ2v) is 6.94. The fourth-order valence-corrected chi connectivity index (χ4v) is 3.18. The molecule has 0 saturated heterocycles. The zero-order chi connectivity index (χ0) is 20.1. The molecule has 2 heterocycles. The predicted octanol–water partition coefficient (Wildman–Crippen LogP) is 5.12. The maximum Gasteiger partial charge on any atom is 0.420 e. The number of halogens is 5. The number of nitrogens with zero attached hydrogens (tertiary/aromatic N) is 3. The summed E-state index contributed by atoms with van der Waals surface area (Å²) in [5, 5.41) is 7.71. The van der Waals surface area contributed by atoms with Crippen LogP contribution in [0.4, 0.5) is 22.0 Å². The fraction of sp³-hybridized carbons (Fsp3) is 0.368. The molecule has 0 unspecified atom stereocenters. The summed E-state index contributed by atoms with van der Waals surface area (Å²) in [5.41, 5.74) is -1.39. The third-order valence-electron chi connectivity index (χ3n) is 4.78. The first kappa shape index (κ1) is 18.6. The lowest BCUT2D eigenvalue weighted by molar-refractivity contribution is -0.138. The fourth-order valence-electron chi connectivity index (χ4n) is 3.18. The Morgan fingerprint density at radius 3 is 2.54 bits per heavy atom. The van der Waals surface area contributed by atoms with E-state index < -0.39 is 29.5 Å². The molecule has 0 N–H and O–H groups in total. The first-order chi connectivity index (χ1) is 13.2. The number of aromatic nitrogens is 3. The Bertz CT molecular complexity index is 1030. The van der Waals surface area contributed by atoms with E-state index in [-0.39, 0.29) is 17.0 Å². The monoisotopic (exact) mass is 397 g/mol. The zero-order valence-electron chi connectivity index (χ0n) is 14.8. The molecule has 1 aromatic carbocycles. The predicted molar refractivity (Wildman–Crippen MR) is 89.8 cm³/mol. The lowest BCUT2D eigenvalue weighted by Gasteiger charge is -2.20. The molecule has 1 atom stereocenters. The molecule has 3 aromatic rings. The molecular formula is C19H16F5N3O. The average Bonchev–Trinajstić information content (AvgIpc) is 3.35. The van der Waals surface area contributed by atoms with Gasteiger partial charge in [0.15, 0.2) is 17.3 Å². The first-order valence-electron chi connectivity index (χ1n) is 8.79. The number of ether oxygens (including phenoxy) is 1. The minimum absolute atomic E-state index is 0.0738. The van der Waals surface area contributed by atoms with Crippen LogP contribution < -0.4 is 4.74 Å². The molecule has 4 nitrogen and oxygen atoms in total. The minimum Gasteiger partial charge on any atom is -0.486 e. The maximum absolute atomic E-state index is 13.8. The van der Waals surface area contributed by atoms with Crippen molar-refractivity contribution in [1.29, 1.82) is 0 Å². The smallest absolute Gasteiger partial charge is 0.420 e. The number of fused-ring (bicyclic) bond motifs is 1. The van der Waals surface area contributed by atoms with Gasteiger partial charge >= 0.3 is 6.18 Å². The highest BCUT2D eigenvalue weighted by Gasteiger charge is 2.39. The van der Waals surface area contributed by atoms with Crippen LogP contribution in [-0.4, -0.2) is 14.6 Å². The van der Waals surface area contributed by atoms with Gasteiger partial charge < -0.3 is 4.74 Å². The molecule has 4 rings (SSSR count). The molecule has 9 heteroatoms. The highest BCUT2D eigenvalue weighted by molar-refractivity contribution is 5.54. The van der Waals surface area contributed by atoms with Gasteiger partial charge in [0.05, 0.1) is 0 Å². The van der Waals surface area contributed by atoms with Crippen LogP contribution >= 0.6 is 0 Å². The highest BCUT2D eigenvalue weighted by Crippen LogP contribution is 2.39. The van der Waals surface area contributed by atoms with Crippen molar-refractivity contribution in [1.82, 2.24) is 14.6 Å². The molecule has 1 aliphatic rings. The number of hydrogen-bond acceptors (Lipinski definition) is 3. The summed E-state index contributed by atoms with van der Waals surface area (Å²) in [6, 6.07) is 4.11. The zero-order valence-corrected chi connectivity index (χ0v) is 14.8. The second kappa shape index (κ2) is 6.72. The molecule has 1 aliphatic carbocycles. The van der Waals surface area contributed by atoms with Gasteiger partial charge in [-0.25, -0.2) is 8.78 Å². The van der Waals surface area contributed by atoms with E-state index in [1.54, 1.807) is 0 Å². The summed E-state index contributed by atoms with van der Waals surface area (Å²) in [4.78, 5) is 0. The second-order valence-electron chi connectivity index (χ2n) is 6.94. The summed E-state index contributed by atoms with van der Waals surface area (Å²) >= 11 is 0. The van der Waals surface area contributed by atoms with Crippen LogP contribution in [0.2, 0.25) is 0 Å². The van der Waals surface area contributed by atoms with Gasteiger partial charge in [-0.15, -0.1) is 10.2 Å². The summed E-state index contributed by atoms with van der Waals surface area (Å²) in [7, 11) is 0. The van der Waals surface area contributed by atoms with Crippen molar-refractivity contribution < 1.29 is 26.7 Å². The molecule has 0 aliphatic heterocycles. The third-order valence-corrected chi connectivity index (χ3v) is 4.78. The lowest BCUT2D eigenvalue weighted by Crippen LogP contribution is -2.16. The van der Waals surface area contributed by atoms with Crippen LogP contribution in [0.25, 0.3) is 5.65 Å². The van der Waals surface area contributed by atoms with Gasteiger partial charge in [0.2, 0.25) is 0 Å². The molecule has 1 saturated carbocycles. The molecule has 28 heavy (non-hydrogen) atoms.